The zero-order valence-corrected chi connectivity index (χ0v) is 12.1. The molecule has 0 saturated heterocycles. The van der Waals surface area contributed by atoms with Crippen molar-refractivity contribution in [2.75, 3.05) is 7.11 Å². The van der Waals surface area contributed by atoms with Gasteiger partial charge in [0.15, 0.2) is 6.10 Å². The van der Waals surface area contributed by atoms with E-state index < -0.39 is 23.9 Å². The predicted molar refractivity (Wildman–Crippen MR) is 71.8 cm³/mol. The van der Waals surface area contributed by atoms with Crippen molar-refractivity contribution in [1.29, 1.82) is 0 Å². The van der Waals surface area contributed by atoms with Crippen LogP contribution in [0.1, 0.15) is 36.2 Å². The molecule has 0 aliphatic rings. The van der Waals surface area contributed by atoms with Gasteiger partial charge in [0.1, 0.15) is 5.82 Å². The van der Waals surface area contributed by atoms with Crippen LogP contribution in [0, 0.1) is 18.7 Å². The fourth-order valence-corrected chi connectivity index (χ4v) is 1.67. The summed E-state index contributed by atoms with van der Waals surface area (Å²) >= 11 is 0. The van der Waals surface area contributed by atoms with Crippen LogP contribution >= 0.6 is 0 Å². The fraction of sp³-hybridized carbons (Fsp3) is 0.467. The lowest BCUT2D eigenvalue weighted by Gasteiger charge is -2.17. The number of carbonyl (C=O) groups excluding carboxylic acids is 2. The van der Waals surface area contributed by atoms with Gasteiger partial charge >= 0.3 is 11.9 Å². The van der Waals surface area contributed by atoms with Crippen molar-refractivity contribution < 1.29 is 23.5 Å². The van der Waals surface area contributed by atoms with Crippen molar-refractivity contribution >= 4 is 11.9 Å². The van der Waals surface area contributed by atoms with Gasteiger partial charge in [-0.3, -0.25) is 0 Å². The second-order valence-corrected chi connectivity index (χ2v) is 5.01. The van der Waals surface area contributed by atoms with Crippen LogP contribution in [0.25, 0.3) is 0 Å². The highest BCUT2D eigenvalue weighted by atomic mass is 19.1. The highest BCUT2D eigenvalue weighted by Gasteiger charge is 2.25. The van der Waals surface area contributed by atoms with Gasteiger partial charge < -0.3 is 9.47 Å². The summed E-state index contributed by atoms with van der Waals surface area (Å²) in [5.41, 5.74) is 0.513. The molecule has 1 atom stereocenters. The van der Waals surface area contributed by atoms with Crippen LogP contribution in [-0.2, 0) is 14.3 Å². The van der Waals surface area contributed by atoms with Gasteiger partial charge in [0.25, 0.3) is 0 Å². The molecule has 0 N–H and O–H groups in total. The van der Waals surface area contributed by atoms with Crippen molar-refractivity contribution in [2.45, 2.75) is 33.3 Å². The van der Waals surface area contributed by atoms with Crippen molar-refractivity contribution in [3.63, 3.8) is 0 Å². The Morgan fingerprint density at radius 2 is 1.95 bits per heavy atom. The standard InChI is InChI=1S/C15H19FO4/c1-9(2)7-13(15(18)19-4)20-14(17)11-6-5-10(3)12(16)8-11/h5-6,8-9,13H,7H2,1-4H3. The molecule has 0 heterocycles. The number of aryl methyl sites for hydroxylation is 1. The first-order valence-corrected chi connectivity index (χ1v) is 6.40. The summed E-state index contributed by atoms with van der Waals surface area (Å²) in [4.78, 5) is 23.5. The van der Waals surface area contributed by atoms with E-state index in [4.69, 9.17) is 4.74 Å². The SMILES string of the molecule is COC(=O)C(CC(C)C)OC(=O)c1ccc(C)c(F)c1. The topological polar surface area (TPSA) is 52.6 Å². The Kier molecular flexibility index (Phi) is 5.67. The number of carbonyl (C=O) groups is 2. The summed E-state index contributed by atoms with van der Waals surface area (Å²) in [5.74, 6) is -1.68. The number of benzene rings is 1. The number of hydrogen-bond donors (Lipinski definition) is 0. The lowest BCUT2D eigenvalue weighted by atomic mass is 10.1. The van der Waals surface area contributed by atoms with E-state index in [0.29, 0.717) is 12.0 Å². The van der Waals surface area contributed by atoms with E-state index in [0.717, 1.165) is 6.07 Å². The minimum absolute atomic E-state index is 0.0748. The molecule has 1 aromatic carbocycles. The number of halogens is 1. The lowest BCUT2D eigenvalue weighted by molar-refractivity contribution is -0.151. The number of rotatable bonds is 5. The van der Waals surface area contributed by atoms with Gasteiger partial charge in [0.05, 0.1) is 12.7 Å². The molecule has 0 aliphatic carbocycles. The molecule has 20 heavy (non-hydrogen) atoms. The van der Waals surface area contributed by atoms with Crippen LogP contribution in [0.15, 0.2) is 18.2 Å². The predicted octanol–water partition coefficient (Wildman–Crippen LogP) is 2.88. The third kappa shape index (κ3) is 4.33. The summed E-state index contributed by atoms with van der Waals surface area (Å²) < 4.78 is 23.1. The normalized spacial score (nSPS) is 12.1. The maximum absolute atomic E-state index is 13.4. The molecule has 1 aromatic rings. The average Bonchev–Trinajstić information content (AvgIpc) is 2.39. The molecule has 0 fully saturated rings. The van der Waals surface area contributed by atoms with Crippen molar-refractivity contribution in [1.82, 2.24) is 0 Å². The minimum atomic E-state index is -0.975. The van der Waals surface area contributed by atoms with Crippen molar-refractivity contribution in [3.05, 3.63) is 35.1 Å². The Morgan fingerprint density at radius 1 is 1.30 bits per heavy atom. The first-order valence-electron chi connectivity index (χ1n) is 6.40. The molecular formula is C15H19FO4. The van der Waals surface area contributed by atoms with Crippen molar-refractivity contribution in [3.8, 4) is 0 Å². The average molecular weight is 282 g/mol. The molecule has 5 heteroatoms. The second-order valence-electron chi connectivity index (χ2n) is 5.01. The third-order valence-corrected chi connectivity index (χ3v) is 2.81. The maximum Gasteiger partial charge on any atom is 0.347 e. The molecule has 0 amide bonds. The van der Waals surface area contributed by atoms with Crippen LogP contribution in [-0.4, -0.2) is 25.2 Å². The molecule has 0 bridgehead atoms. The Balaban J connectivity index is 2.84. The van der Waals surface area contributed by atoms with E-state index >= 15 is 0 Å². The molecule has 0 spiro atoms. The van der Waals surface area contributed by atoms with Gasteiger partial charge in [-0.05, 0) is 37.0 Å². The fourth-order valence-electron chi connectivity index (χ4n) is 1.67. The monoisotopic (exact) mass is 282 g/mol. The molecule has 0 aromatic heterocycles. The smallest absolute Gasteiger partial charge is 0.347 e. The number of methoxy groups -OCH3 is 1. The maximum atomic E-state index is 13.4. The number of ether oxygens (including phenoxy) is 2. The molecule has 1 unspecified atom stereocenters. The number of esters is 2. The molecule has 110 valence electrons. The van der Waals surface area contributed by atoms with Crippen LogP contribution in [0.3, 0.4) is 0 Å². The lowest BCUT2D eigenvalue weighted by Crippen LogP contribution is -2.30. The van der Waals surface area contributed by atoms with Crippen molar-refractivity contribution in [2.24, 2.45) is 5.92 Å². The van der Waals surface area contributed by atoms with Crippen LogP contribution in [0.5, 0.6) is 0 Å². The third-order valence-electron chi connectivity index (χ3n) is 2.81. The molecular weight excluding hydrogens is 263 g/mol. The van der Waals surface area contributed by atoms with E-state index in [9.17, 15) is 14.0 Å². The van der Waals surface area contributed by atoms with Gasteiger partial charge in [-0.2, -0.15) is 0 Å². The highest BCUT2D eigenvalue weighted by Crippen LogP contribution is 2.15. The molecule has 4 nitrogen and oxygen atoms in total. The quantitative estimate of drug-likeness (QED) is 0.779. The summed E-state index contributed by atoms with van der Waals surface area (Å²) in [6, 6.07) is 4.05. The summed E-state index contributed by atoms with van der Waals surface area (Å²) in [7, 11) is 1.23. The van der Waals surface area contributed by atoms with E-state index in [-0.39, 0.29) is 11.5 Å². The van der Waals surface area contributed by atoms with Gasteiger partial charge in [-0.15, -0.1) is 0 Å². The summed E-state index contributed by atoms with van der Waals surface area (Å²) in [6.07, 6.45) is -0.621. The Morgan fingerprint density at radius 3 is 2.45 bits per heavy atom. The van der Waals surface area contributed by atoms with E-state index in [1.54, 1.807) is 6.92 Å². The second kappa shape index (κ2) is 7.03. The molecule has 0 saturated carbocycles. The first kappa shape index (κ1) is 16.1. The first-order chi connectivity index (χ1) is 9.35. The Labute approximate surface area is 117 Å². The van der Waals surface area contributed by atoms with Gasteiger partial charge in [-0.25, -0.2) is 14.0 Å². The van der Waals surface area contributed by atoms with Crippen LogP contribution < -0.4 is 0 Å². The Hall–Kier alpha value is -1.91. The van der Waals surface area contributed by atoms with E-state index in [1.807, 2.05) is 13.8 Å². The van der Waals surface area contributed by atoms with Crippen LogP contribution in [0.2, 0.25) is 0 Å². The molecule has 0 radical (unpaired) electrons. The number of hydrogen-bond acceptors (Lipinski definition) is 4. The van der Waals surface area contributed by atoms with E-state index in [1.165, 1.54) is 19.2 Å². The Bertz CT molecular complexity index is 497. The van der Waals surface area contributed by atoms with Gasteiger partial charge in [0, 0.05) is 0 Å². The van der Waals surface area contributed by atoms with Crippen LogP contribution in [0.4, 0.5) is 4.39 Å². The van der Waals surface area contributed by atoms with Gasteiger partial charge in [0.2, 0.25) is 0 Å². The molecule has 1 rings (SSSR count). The zero-order valence-electron chi connectivity index (χ0n) is 12.1. The summed E-state index contributed by atoms with van der Waals surface area (Å²) in [6.45, 7) is 5.39. The highest BCUT2D eigenvalue weighted by molar-refractivity contribution is 5.91. The van der Waals surface area contributed by atoms with Gasteiger partial charge in [-0.1, -0.05) is 19.9 Å². The summed E-state index contributed by atoms with van der Waals surface area (Å²) in [5, 5.41) is 0. The van der Waals surface area contributed by atoms with E-state index in [2.05, 4.69) is 4.74 Å². The minimum Gasteiger partial charge on any atom is -0.466 e. The molecule has 0 aliphatic heterocycles. The zero-order chi connectivity index (χ0) is 15.3. The largest absolute Gasteiger partial charge is 0.466 e.